The van der Waals surface area contributed by atoms with Crippen molar-refractivity contribution >= 4 is 26.2 Å². The third-order valence-electron chi connectivity index (χ3n) is 5.05. The Hall–Kier alpha value is -0.710. The molecule has 0 unspecified atom stereocenters. The summed E-state index contributed by atoms with van der Waals surface area (Å²) in [5, 5.41) is 8.57. The Bertz CT molecular complexity index is 608. The van der Waals surface area contributed by atoms with Crippen LogP contribution in [0.2, 0.25) is 0 Å². The molecule has 3 N–H and O–H groups in total. The second kappa shape index (κ2) is 13.5. The smallest absolute Gasteiger partial charge is 0.303 e. The van der Waals surface area contributed by atoms with Crippen LogP contribution in [0.25, 0.3) is 0 Å². The lowest BCUT2D eigenvalue weighted by molar-refractivity contribution is -0.137. The molecule has 168 valence electrons. The van der Waals surface area contributed by atoms with Gasteiger partial charge >= 0.3 is 5.97 Å². The molecule has 0 fully saturated rings. The summed E-state index contributed by atoms with van der Waals surface area (Å²) in [6.07, 6.45) is 7.79. The summed E-state index contributed by atoms with van der Waals surface area (Å²) in [5.41, 5.74) is 0. The van der Waals surface area contributed by atoms with E-state index in [9.17, 15) is 30.7 Å². The summed E-state index contributed by atoms with van der Waals surface area (Å²) in [7, 11) is -9.99. The van der Waals surface area contributed by atoms with Crippen LogP contribution in [-0.2, 0) is 25.0 Å². The third kappa shape index (κ3) is 10.2. The zero-order valence-electron chi connectivity index (χ0n) is 16.8. The predicted molar refractivity (Wildman–Crippen MR) is 108 cm³/mol. The van der Waals surface area contributed by atoms with Crippen LogP contribution in [0.15, 0.2) is 0 Å². The normalized spacial score (nSPS) is 13.0. The second-order valence-electron chi connectivity index (χ2n) is 7.39. The molecule has 0 amide bonds. The van der Waals surface area contributed by atoms with Crippen molar-refractivity contribution in [2.24, 2.45) is 0 Å². The van der Waals surface area contributed by atoms with Gasteiger partial charge in [0.05, 0.1) is 0 Å². The van der Waals surface area contributed by atoms with E-state index >= 15 is 0 Å². The van der Waals surface area contributed by atoms with Crippen LogP contribution in [-0.4, -0.2) is 41.1 Å². The highest BCUT2D eigenvalue weighted by Gasteiger charge is 2.53. The average molecular weight is 445 g/mol. The van der Waals surface area contributed by atoms with Gasteiger partial charge in [0.25, 0.3) is 20.2 Å². The first-order chi connectivity index (χ1) is 13.0. The van der Waals surface area contributed by atoms with E-state index in [2.05, 4.69) is 6.92 Å². The minimum atomic E-state index is -5.00. The van der Waals surface area contributed by atoms with Crippen molar-refractivity contribution in [3.63, 3.8) is 0 Å². The Labute approximate surface area is 169 Å². The molecule has 0 aromatic carbocycles. The Morgan fingerprint density at radius 2 is 1.04 bits per heavy atom. The first-order valence-electron chi connectivity index (χ1n) is 10.1. The lowest BCUT2D eigenvalue weighted by Crippen LogP contribution is -2.46. The van der Waals surface area contributed by atoms with E-state index in [0.717, 1.165) is 38.5 Å². The number of hydrogen-bond acceptors (Lipinski definition) is 5. The predicted octanol–water partition coefficient (Wildman–Crippen LogP) is 4.41. The first kappa shape index (κ1) is 27.3. The van der Waals surface area contributed by atoms with Crippen molar-refractivity contribution in [1.29, 1.82) is 0 Å². The van der Waals surface area contributed by atoms with Crippen LogP contribution in [0.1, 0.15) is 103 Å². The van der Waals surface area contributed by atoms with Crippen LogP contribution in [0, 0.1) is 0 Å². The monoisotopic (exact) mass is 444 g/mol. The van der Waals surface area contributed by atoms with Gasteiger partial charge in [-0.1, -0.05) is 77.6 Å². The molecule has 28 heavy (non-hydrogen) atoms. The Balaban J connectivity index is 4.68. The zero-order chi connectivity index (χ0) is 21.7. The molecule has 0 aromatic heterocycles. The number of rotatable bonds is 18. The van der Waals surface area contributed by atoms with Gasteiger partial charge in [0.15, 0.2) is 0 Å². The standard InChI is InChI=1S/C18H36O8S2/c1-2-3-4-5-9-12-15-18(27(21,22)23,28(24,25)26)16-13-10-7-6-8-11-14-17(19)20/h2-16H2,1H3,(H,19,20)(H,21,22,23)(H,24,25,26). The number of carbonyl (C=O) groups is 1. The van der Waals surface area contributed by atoms with E-state index in [1.165, 1.54) is 0 Å². The molecular formula is C18H36O8S2. The van der Waals surface area contributed by atoms with Crippen molar-refractivity contribution < 1.29 is 35.8 Å². The van der Waals surface area contributed by atoms with Crippen LogP contribution in [0.4, 0.5) is 0 Å². The number of hydrogen-bond donors (Lipinski definition) is 3. The van der Waals surface area contributed by atoms with Crippen molar-refractivity contribution in [1.82, 2.24) is 0 Å². The number of unbranched alkanes of at least 4 members (excludes halogenated alkanes) is 10. The molecule has 0 spiro atoms. The molecule has 0 aliphatic carbocycles. The van der Waals surface area contributed by atoms with Crippen LogP contribution < -0.4 is 0 Å². The maximum Gasteiger partial charge on any atom is 0.303 e. The molecule has 0 saturated carbocycles. The highest BCUT2D eigenvalue weighted by molar-refractivity contribution is 8.05. The molecule has 8 nitrogen and oxygen atoms in total. The number of aliphatic carboxylic acids is 1. The molecule has 0 aliphatic rings. The van der Waals surface area contributed by atoms with E-state index < -0.39 is 30.3 Å². The van der Waals surface area contributed by atoms with E-state index in [-0.39, 0.29) is 25.7 Å². The molecule has 0 heterocycles. The SMILES string of the molecule is CCCCCCCCC(CCCCCCCCC(=O)O)(S(=O)(=O)O)S(=O)(=O)O. The van der Waals surface area contributed by atoms with Crippen molar-refractivity contribution in [2.45, 2.75) is 107 Å². The van der Waals surface area contributed by atoms with E-state index in [1.54, 1.807) is 0 Å². The summed E-state index contributed by atoms with van der Waals surface area (Å²) in [6, 6.07) is 0. The molecule has 0 saturated heterocycles. The van der Waals surface area contributed by atoms with Gasteiger partial charge in [-0.3, -0.25) is 13.9 Å². The van der Waals surface area contributed by atoms with Gasteiger partial charge in [-0.15, -0.1) is 0 Å². The van der Waals surface area contributed by atoms with Crippen LogP contribution in [0.5, 0.6) is 0 Å². The topological polar surface area (TPSA) is 146 Å². The van der Waals surface area contributed by atoms with Crippen molar-refractivity contribution in [3.05, 3.63) is 0 Å². The van der Waals surface area contributed by atoms with Crippen molar-refractivity contribution in [3.8, 4) is 0 Å². The first-order valence-corrected chi connectivity index (χ1v) is 13.0. The number of carboxylic acids is 1. The fraction of sp³-hybridized carbons (Fsp3) is 0.944. The summed E-state index contributed by atoms with van der Waals surface area (Å²) in [4.78, 5) is 10.4. The maximum absolute atomic E-state index is 11.9. The van der Waals surface area contributed by atoms with Gasteiger partial charge in [0.2, 0.25) is 4.08 Å². The molecule has 0 aliphatic heterocycles. The molecule has 0 atom stereocenters. The fourth-order valence-electron chi connectivity index (χ4n) is 3.33. The third-order valence-corrected chi connectivity index (χ3v) is 9.01. The summed E-state index contributed by atoms with van der Waals surface area (Å²) >= 11 is 0. The van der Waals surface area contributed by atoms with E-state index in [4.69, 9.17) is 5.11 Å². The molecule has 0 bridgehead atoms. The highest BCUT2D eigenvalue weighted by Crippen LogP contribution is 2.35. The second-order valence-corrected chi connectivity index (χ2v) is 11.1. The van der Waals surface area contributed by atoms with Gasteiger partial charge in [0.1, 0.15) is 0 Å². The largest absolute Gasteiger partial charge is 0.481 e. The summed E-state index contributed by atoms with van der Waals surface area (Å²) in [6.45, 7) is 2.06. The van der Waals surface area contributed by atoms with Gasteiger partial charge < -0.3 is 5.11 Å². The highest BCUT2D eigenvalue weighted by atomic mass is 32.3. The molecule has 0 radical (unpaired) electrons. The van der Waals surface area contributed by atoms with Gasteiger partial charge in [-0.05, 0) is 19.3 Å². The minimum absolute atomic E-state index is 0.104. The zero-order valence-corrected chi connectivity index (χ0v) is 18.4. The Kier molecular flexibility index (Phi) is 13.2. The van der Waals surface area contributed by atoms with Crippen LogP contribution in [0.3, 0.4) is 0 Å². The van der Waals surface area contributed by atoms with Gasteiger partial charge in [-0.2, -0.15) is 16.8 Å². The minimum Gasteiger partial charge on any atom is -0.481 e. The maximum atomic E-state index is 11.9. The number of carboxylic acid groups (broad SMARTS) is 1. The lowest BCUT2D eigenvalue weighted by Gasteiger charge is -2.27. The summed E-state index contributed by atoms with van der Waals surface area (Å²) in [5.74, 6) is -0.846. The molecular weight excluding hydrogens is 408 g/mol. The van der Waals surface area contributed by atoms with E-state index in [0.29, 0.717) is 32.1 Å². The fourth-order valence-corrected chi connectivity index (χ4v) is 6.00. The average Bonchev–Trinajstić information content (AvgIpc) is 2.55. The molecule has 0 rings (SSSR count). The summed E-state index contributed by atoms with van der Waals surface area (Å²) < 4.78 is 64.2. The lowest BCUT2D eigenvalue weighted by atomic mass is 10.0. The van der Waals surface area contributed by atoms with E-state index in [1.807, 2.05) is 0 Å². The van der Waals surface area contributed by atoms with Gasteiger partial charge in [0, 0.05) is 6.42 Å². The quantitative estimate of drug-likeness (QED) is 0.208. The molecule has 0 aromatic rings. The van der Waals surface area contributed by atoms with Crippen molar-refractivity contribution in [2.75, 3.05) is 0 Å². The van der Waals surface area contributed by atoms with Gasteiger partial charge in [-0.25, -0.2) is 0 Å². The Morgan fingerprint density at radius 1 is 0.679 bits per heavy atom. The molecule has 10 heteroatoms. The Morgan fingerprint density at radius 3 is 1.39 bits per heavy atom. The van der Waals surface area contributed by atoms with Crippen LogP contribution >= 0.6 is 0 Å².